The van der Waals surface area contributed by atoms with E-state index in [1.54, 1.807) is 0 Å². The van der Waals surface area contributed by atoms with Crippen molar-refractivity contribution in [1.29, 1.82) is 0 Å². The SMILES string of the molecule is Nc1ncsc1O. The van der Waals surface area contributed by atoms with Gasteiger partial charge in [0.1, 0.15) is 0 Å². The number of anilines is 1. The number of hydrogen-bond donors (Lipinski definition) is 2. The standard InChI is InChI=1S/C3H4N2OS/c4-2-3(6)7-1-5-2/h1,6H,4H2. The molecular weight excluding hydrogens is 112 g/mol. The summed E-state index contributed by atoms with van der Waals surface area (Å²) in [5, 5.41) is 8.69. The van der Waals surface area contributed by atoms with Gasteiger partial charge in [-0.25, -0.2) is 4.98 Å². The molecule has 1 aromatic rings. The Kier molecular flexibility index (Phi) is 0.867. The molecule has 0 aromatic carbocycles. The molecule has 0 amide bonds. The van der Waals surface area contributed by atoms with Gasteiger partial charge in [-0.2, -0.15) is 0 Å². The van der Waals surface area contributed by atoms with Crippen LogP contribution in [0.25, 0.3) is 0 Å². The molecule has 0 atom stereocenters. The molecule has 4 heteroatoms. The third-order valence-corrected chi connectivity index (χ3v) is 1.22. The van der Waals surface area contributed by atoms with Crippen molar-refractivity contribution in [2.45, 2.75) is 0 Å². The molecule has 3 nitrogen and oxygen atoms in total. The summed E-state index contributed by atoms with van der Waals surface area (Å²) in [6.45, 7) is 0. The van der Waals surface area contributed by atoms with Crippen LogP contribution in [0.4, 0.5) is 5.82 Å². The molecule has 38 valence electrons. The van der Waals surface area contributed by atoms with Crippen LogP contribution >= 0.6 is 11.3 Å². The van der Waals surface area contributed by atoms with Gasteiger partial charge in [0.25, 0.3) is 0 Å². The Labute approximate surface area is 44.4 Å². The van der Waals surface area contributed by atoms with E-state index < -0.39 is 0 Å². The lowest BCUT2D eigenvalue weighted by Crippen LogP contribution is -1.81. The largest absolute Gasteiger partial charge is 0.497 e. The quantitative estimate of drug-likeness (QED) is 0.516. The van der Waals surface area contributed by atoms with Crippen LogP contribution in [0.3, 0.4) is 0 Å². The Balaban J connectivity index is 3.12. The lowest BCUT2D eigenvalue weighted by atomic mass is 10.8. The number of thiazole rings is 1. The Morgan fingerprint density at radius 1 is 1.86 bits per heavy atom. The molecule has 0 bridgehead atoms. The van der Waals surface area contributed by atoms with Gasteiger partial charge in [0.15, 0.2) is 5.82 Å². The molecule has 0 aliphatic rings. The highest BCUT2D eigenvalue weighted by Gasteiger charge is 1.93. The van der Waals surface area contributed by atoms with Gasteiger partial charge >= 0.3 is 0 Å². The van der Waals surface area contributed by atoms with E-state index in [1.807, 2.05) is 0 Å². The summed E-state index contributed by atoms with van der Waals surface area (Å²) in [7, 11) is 0. The molecule has 0 saturated carbocycles. The smallest absolute Gasteiger partial charge is 0.216 e. The summed E-state index contributed by atoms with van der Waals surface area (Å²) < 4.78 is 0. The Morgan fingerprint density at radius 3 is 2.71 bits per heavy atom. The number of aromatic hydroxyl groups is 1. The van der Waals surface area contributed by atoms with Crippen molar-refractivity contribution in [2.24, 2.45) is 0 Å². The monoisotopic (exact) mass is 116 g/mol. The van der Waals surface area contributed by atoms with Crippen LogP contribution < -0.4 is 5.73 Å². The molecule has 0 aliphatic carbocycles. The minimum absolute atomic E-state index is 0.0972. The lowest BCUT2D eigenvalue weighted by Gasteiger charge is -1.78. The van der Waals surface area contributed by atoms with Gasteiger partial charge in [-0.15, -0.1) is 0 Å². The van der Waals surface area contributed by atoms with Gasteiger partial charge < -0.3 is 10.8 Å². The first kappa shape index (κ1) is 4.39. The first-order chi connectivity index (χ1) is 3.30. The van der Waals surface area contributed by atoms with E-state index >= 15 is 0 Å². The molecule has 0 unspecified atom stereocenters. The number of aromatic nitrogens is 1. The zero-order valence-electron chi connectivity index (χ0n) is 3.46. The van der Waals surface area contributed by atoms with Gasteiger partial charge in [0.05, 0.1) is 5.51 Å². The Morgan fingerprint density at radius 2 is 2.57 bits per heavy atom. The van der Waals surface area contributed by atoms with Gasteiger partial charge in [-0.1, -0.05) is 11.3 Å². The van der Waals surface area contributed by atoms with Crippen molar-refractivity contribution in [3.63, 3.8) is 0 Å². The number of rotatable bonds is 0. The van der Waals surface area contributed by atoms with E-state index in [2.05, 4.69) is 4.98 Å². The summed E-state index contributed by atoms with van der Waals surface area (Å²) in [4.78, 5) is 3.56. The molecule has 0 fully saturated rings. The molecule has 0 spiro atoms. The summed E-state index contributed by atoms with van der Waals surface area (Å²) in [6, 6.07) is 0. The van der Waals surface area contributed by atoms with E-state index in [4.69, 9.17) is 10.8 Å². The van der Waals surface area contributed by atoms with Crippen LogP contribution in [0.1, 0.15) is 0 Å². The molecule has 0 radical (unpaired) electrons. The van der Waals surface area contributed by atoms with Gasteiger partial charge in [0.2, 0.25) is 5.06 Å². The fraction of sp³-hybridized carbons (Fsp3) is 0. The van der Waals surface area contributed by atoms with Crippen LogP contribution in [-0.2, 0) is 0 Å². The van der Waals surface area contributed by atoms with Crippen LogP contribution in [0, 0.1) is 0 Å². The van der Waals surface area contributed by atoms with Crippen LogP contribution in [0.5, 0.6) is 5.06 Å². The molecule has 1 rings (SSSR count). The van der Waals surface area contributed by atoms with Crippen molar-refractivity contribution < 1.29 is 5.11 Å². The lowest BCUT2D eigenvalue weighted by molar-refractivity contribution is 0.492. The second-order valence-corrected chi connectivity index (χ2v) is 1.88. The van der Waals surface area contributed by atoms with Crippen molar-refractivity contribution >= 4 is 17.2 Å². The highest BCUT2D eigenvalue weighted by molar-refractivity contribution is 7.11. The minimum atomic E-state index is 0.0972. The number of nitrogen functional groups attached to an aromatic ring is 1. The molecular formula is C3H4N2OS. The van der Waals surface area contributed by atoms with E-state index in [9.17, 15) is 0 Å². The number of nitrogens with zero attached hydrogens (tertiary/aromatic N) is 1. The highest BCUT2D eigenvalue weighted by Crippen LogP contribution is 2.21. The third kappa shape index (κ3) is 0.640. The van der Waals surface area contributed by atoms with Gasteiger partial charge in [-0.3, -0.25) is 0 Å². The summed E-state index contributed by atoms with van der Waals surface area (Å²) in [6.07, 6.45) is 0. The van der Waals surface area contributed by atoms with E-state index in [0.29, 0.717) is 0 Å². The normalized spacial score (nSPS) is 9.14. The Hall–Kier alpha value is -0.770. The minimum Gasteiger partial charge on any atom is -0.497 e. The second-order valence-electron chi connectivity index (χ2n) is 1.04. The maximum Gasteiger partial charge on any atom is 0.216 e. The molecule has 1 aromatic heterocycles. The average Bonchev–Trinajstić information content (AvgIpc) is 1.91. The fourth-order valence-corrected chi connectivity index (χ4v) is 0.688. The van der Waals surface area contributed by atoms with Gasteiger partial charge in [-0.05, 0) is 0 Å². The average molecular weight is 116 g/mol. The summed E-state index contributed by atoms with van der Waals surface area (Å²) in [5.41, 5.74) is 6.58. The van der Waals surface area contributed by atoms with Crippen LogP contribution in [0.2, 0.25) is 0 Å². The molecule has 1 heterocycles. The first-order valence-electron chi connectivity index (χ1n) is 1.68. The van der Waals surface area contributed by atoms with Crippen molar-refractivity contribution in [2.75, 3.05) is 5.73 Å². The Bertz CT molecular complexity index is 145. The number of hydrogen-bond acceptors (Lipinski definition) is 4. The predicted molar refractivity (Wildman–Crippen MR) is 28.2 cm³/mol. The van der Waals surface area contributed by atoms with Crippen LogP contribution in [-0.4, -0.2) is 10.1 Å². The van der Waals surface area contributed by atoms with E-state index in [-0.39, 0.29) is 10.9 Å². The molecule has 7 heavy (non-hydrogen) atoms. The topological polar surface area (TPSA) is 59.1 Å². The molecule has 0 aliphatic heterocycles. The predicted octanol–water partition coefficient (Wildman–Crippen LogP) is 0.431. The van der Waals surface area contributed by atoms with Crippen molar-refractivity contribution in [3.8, 4) is 5.06 Å². The highest BCUT2D eigenvalue weighted by atomic mass is 32.1. The summed E-state index contributed by atoms with van der Waals surface area (Å²) >= 11 is 1.12. The zero-order valence-corrected chi connectivity index (χ0v) is 4.27. The fourth-order valence-electron chi connectivity index (χ4n) is 0.249. The molecule has 3 N–H and O–H groups in total. The maximum absolute atomic E-state index is 8.59. The van der Waals surface area contributed by atoms with Crippen molar-refractivity contribution in [1.82, 2.24) is 4.98 Å². The third-order valence-electron chi connectivity index (χ3n) is 0.575. The number of nitrogens with two attached hydrogens (primary N) is 1. The zero-order chi connectivity index (χ0) is 5.28. The maximum atomic E-state index is 8.59. The van der Waals surface area contributed by atoms with Crippen LogP contribution in [0.15, 0.2) is 5.51 Å². The van der Waals surface area contributed by atoms with Gasteiger partial charge in [0, 0.05) is 0 Å². The summed E-state index contributed by atoms with van der Waals surface area (Å²) in [5.74, 6) is 0.213. The van der Waals surface area contributed by atoms with Crippen molar-refractivity contribution in [3.05, 3.63) is 5.51 Å². The van der Waals surface area contributed by atoms with E-state index in [1.165, 1.54) is 5.51 Å². The molecule has 0 saturated heterocycles. The first-order valence-corrected chi connectivity index (χ1v) is 2.56. The van der Waals surface area contributed by atoms with E-state index in [0.717, 1.165) is 11.3 Å². The second kappa shape index (κ2) is 1.38.